The van der Waals surface area contributed by atoms with Crippen molar-refractivity contribution in [2.45, 2.75) is 58.7 Å². The third-order valence-electron chi connectivity index (χ3n) is 3.55. The summed E-state index contributed by atoms with van der Waals surface area (Å²) in [5.41, 5.74) is 2.11. The Morgan fingerprint density at radius 1 is 1.30 bits per heavy atom. The Hall–Kier alpha value is -1.35. The Balaban J connectivity index is 2.00. The molecule has 2 rings (SSSR count). The summed E-state index contributed by atoms with van der Waals surface area (Å²) in [6.45, 7) is 9.64. The maximum Gasteiger partial charge on any atom is 0.323 e. The van der Waals surface area contributed by atoms with Crippen LogP contribution in [-0.2, 0) is 16.1 Å². The lowest BCUT2D eigenvalue weighted by Crippen LogP contribution is -2.40. The lowest BCUT2D eigenvalue weighted by atomic mass is 10.1. The average Bonchev–Trinajstić information content (AvgIpc) is 2.78. The van der Waals surface area contributed by atoms with Crippen LogP contribution in [0, 0.1) is 6.92 Å². The van der Waals surface area contributed by atoms with E-state index >= 15 is 0 Å². The highest BCUT2D eigenvalue weighted by Gasteiger charge is 2.33. The van der Waals surface area contributed by atoms with Crippen molar-refractivity contribution in [2.24, 2.45) is 0 Å². The number of carbonyl (C=O) groups excluding carboxylic acids is 1. The summed E-state index contributed by atoms with van der Waals surface area (Å²) < 4.78 is 5.53. The molecular weight excluding hydrogens is 250 g/mol. The minimum atomic E-state index is -0.408. The highest BCUT2D eigenvalue weighted by atomic mass is 16.6. The van der Waals surface area contributed by atoms with Crippen LogP contribution in [0.5, 0.6) is 0 Å². The van der Waals surface area contributed by atoms with Crippen molar-refractivity contribution in [3.05, 3.63) is 35.4 Å². The van der Waals surface area contributed by atoms with Crippen molar-refractivity contribution in [1.29, 1.82) is 0 Å². The molecule has 0 spiro atoms. The molecule has 3 heteroatoms. The summed E-state index contributed by atoms with van der Waals surface area (Å²) >= 11 is 0. The minimum absolute atomic E-state index is 0.0814. The highest BCUT2D eigenvalue weighted by Crippen LogP contribution is 2.23. The molecular formula is C17H25NO2. The lowest BCUT2D eigenvalue weighted by Gasteiger charge is -2.27. The van der Waals surface area contributed by atoms with Gasteiger partial charge in [-0.15, -0.1) is 0 Å². The Kier molecular flexibility index (Phi) is 4.48. The van der Waals surface area contributed by atoms with Gasteiger partial charge < -0.3 is 4.74 Å². The Morgan fingerprint density at radius 3 is 2.55 bits per heavy atom. The van der Waals surface area contributed by atoms with Gasteiger partial charge in [-0.05, 0) is 52.6 Å². The second-order valence-corrected chi connectivity index (χ2v) is 6.65. The third-order valence-corrected chi connectivity index (χ3v) is 3.55. The number of benzene rings is 1. The monoisotopic (exact) mass is 275 g/mol. The average molecular weight is 275 g/mol. The van der Waals surface area contributed by atoms with Crippen molar-refractivity contribution in [2.75, 3.05) is 6.54 Å². The summed E-state index contributed by atoms with van der Waals surface area (Å²) in [5, 5.41) is 0. The van der Waals surface area contributed by atoms with E-state index in [2.05, 4.69) is 36.1 Å². The van der Waals surface area contributed by atoms with Crippen LogP contribution in [0.4, 0.5) is 0 Å². The normalized spacial score (nSPS) is 20.1. The number of esters is 1. The molecule has 1 aromatic carbocycles. The van der Waals surface area contributed by atoms with Gasteiger partial charge in [0.2, 0.25) is 0 Å². The van der Waals surface area contributed by atoms with Crippen LogP contribution < -0.4 is 0 Å². The number of carbonyl (C=O) groups is 1. The van der Waals surface area contributed by atoms with Gasteiger partial charge in [0.25, 0.3) is 0 Å². The molecule has 0 bridgehead atoms. The lowest BCUT2D eigenvalue weighted by molar-refractivity contribution is -0.160. The van der Waals surface area contributed by atoms with Crippen molar-refractivity contribution in [3.63, 3.8) is 0 Å². The van der Waals surface area contributed by atoms with E-state index in [1.54, 1.807) is 0 Å². The topological polar surface area (TPSA) is 29.5 Å². The molecule has 0 N–H and O–H groups in total. The molecule has 1 heterocycles. The Labute approximate surface area is 121 Å². The zero-order valence-corrected chi connectivity index (χ0v) is 13.0. The maximum absolute atomic E-state index is 12.3. The van der Waals surface area contributed by atoms with Gasteiger partial charge in [-0.2, -0.15) is 0 Å². The van der Waals surface area contributed by atoms with Crippen molar-refractivity contribution in [3.8, 4) is 0 Å². The van der Waals surface area contributed by atoms with E-state index in [0.717, 1.165) is 25.9 Å². The van der Waals surface area contributed by atoms with Gasteiger partial charge in [-0.3, -0.25) is 9.69 Å². The number of nitrogens with zero attached hydrogens (tertiary/aromatic N) is 1. The number of hydrogen-bond donors (Lipinski definition) is 0. The molecule has 0 radical (unpaired) electrons. The predicted molar refractivity (Wildman–Crippen MR) is 80.5 cm³/mol. The van der Waals surface area contributed by atoms with Crippen LogP contribution in [0.2, 0.25) is 0 Å². The van der Waals surface area contributed by atoms with Gasteiger partial charge >= 0.3 is 5.97 Å². The third kappa shape index (κ3) is 4.07. The van der Waals surface area contributed by atoms with Crippen LogP contribution in [-0.4, -0.2) is 29.1 Å². The maximum atomic E-state index is 12.3. The van der Waals surface area contributed by atoms with Gasteiger partial charge in [0, 0.05) is 6.54 Å². The molecule has 0 aliphatic carbocycles. The first-order chi connectivity index (χ1) is 9.35. The van der Waals surface area contributed by atoms with Gasteiger partial charge in [0.1, 0.15) is 11.6 Å². The second kappa shape index (κ2) is 5.96. The first kappa shape index (κ1) is 15.0. The quantitative estimate of drug-likeness (QED) is 0.793. The van der Waals surface area contributed by atoms with E-state index in [-0.39, 0.29) is 12.0 Å². The summed E-state index contributed by atoms with van der Waals surface area (Å²) in [6.07, 6.45) is 1.97. The summed E-state index contributed by atoms with van der Waals surface area (Å²) in [6, 6.07) is 8.43. The molecule has 0 aromatic heterocycles. The van der Waals surface area contributed by atoms with E-state index in [4.69, 9.17) is 4.74 Å². The SMILES string of the molecule is Cc1ccc(CN2CCC[C@H]2C(=O)OC(C)(C)C)cc1. The van der Waals surface area contributed by atoms with E-state index in [0.29, 0.717) is 0 Å². The Morgan fingerprint density at radius 2 is 1.95 bits per heavy atom. The molecule has 0 saturated carbocycles. The Bertz CT molecular complexity index is 459. The van der Waals surface area contributed by atoms with E-state index < -0.39 is 5.60 Å². The molecule has 110 valence electrons. The van der Waals surface area contributed by atoms with Gasteiger partial charge in [0.05, 0.1) is 0 Å². The molecule has 1 aliphatic heterocycles. The van der Waals surface area contributed by atoms with Crippen LogP contribution >= 0.6 is 0 Å². The zero-order valence-electron chi connectivity index (χ0n) is 13.0. The first-order valence-electron chi connectivity index (χ1n) is 7.37. The van der Waals surface area contributed by atoms with Gasteiger partial charge in [-0.25, -0.2) is 0 Å². The molecule has 20 heavy (non-hydrogen) atoms. The van der Waals surface area contributed by atoms with Crippen molar-refractivity contribution < 1.29 is 9.53 Å². The standard InChI is InChI=1S/C17H25NO2/c1-13-7-9-14(10-8-13)12-18-11-5-6-15(18)16(19)20-17(2,3)4/h7-10,15H,5-6,11-12H2,1-4H3/t15-/m0/s1. The van der Waals surface area contributed by atoms with Crippen LogP contribution in [0.3, 0.4) is 0 Å². The van der Waals surface area contributed by atoms with Crippen LogP contribution in [0.15, 0.2) is 24.3 Å². The molecule has 1 saturated heterocycles. The largest absolute Gasteiger partial charge is 0.459 e. The minimum Gasteiger partial charge on any atom is -0.459 e. The van der Waals surface area contributed by atoms with Gasteiger partial charge in [-0.1, -0.05) is 29.8 Å². The molecule has 1 aliphatic rings. The molecule has 1 atom stereocenters. The summed E-state index contributed by atoms with van der Waals surface area (Å²) in [7, 11) is 0. The molecule has 0 amide bonds. The number of hydrogen-bond acceptors (Lipinski definition) is 3. The smallest absolute Gasteiger partial charge is 0.323 e. The van der Waals surface area contributed by atoms with E-state index in [9.17, 15) is 4.79 Å². The molecule has 3 nitrogen and oxygen atoms in total. The molecule has 1 fully saturated rings. The van der Waals surface area contributed by atoms with Crippen LogP contribution in [0.25, 0.3) is 0 Å². The summed E-state index contributed by atoms with van der Waals surface area (Å²) in [4.78, 5) is 14.5. The van der Waals surface area contributed by atoms with E-state index in [1.807, 2.05) is 20.8 Å². The molecule has 0 unspecified atom stereocenters. The number of aryl methyl sites for hydroxylation is 1. The van der Waals surface area contributed by atoms with E-state index in [1.165, 1.54) is 11.1 Å². The van der Waals surface area contributed by atoms with Crippen molar-refractivity contribution >= 4 is 5.97 Å². The zero-order chi connectivity index (χ0) is 14.8. The second-order valence-electron chi connectivity index (χ2n) is 6.65. The van der Waals surface area contributed by atoms with Gasteiger partial charge in [0.15, 0.2) is 0 Å². The predicted octanol–water partition coefficient (Wildman–Crippen LogP) is 3.30. The summed E-state index contributed by atoms with van der Waals surface area (Å²) in [5.74, 6) is -0.0814. The first-order valence-corrected chi connectivity index (χ1v) is 7.37. The number of ether oxygens (including phenoxy) is 1. The molecule has 1 aromatic rings. The van der Waals surface area contributed by atoms with Crippen LogP contribution in [0.1, 0.15) is 44.7 Å². The highest BCUT2D eigenvalue weighted by molar-refractivity contribution is 5.76. The van der Waals surface area contributed by atoms with Crippen molar-refractivity contribution in [1.82, 2.24) is 4.90 Å². The number of rotatable bonds is 3. The fourth-order valence-corrected chi connectivity index (χ4v) is 2.58. The fourth-order valence-electron chi connectivity index (χ4n) is 2.58. The fraction of sp³-hybridized carbons (Fsp3) is 0.588. The number of likely N-dealkylation sites (tertiary alicyclic amines) is 1.